The topological polar surface area (TPSA) is 38.0 Å². The Balaban J connectivity index is 2.16. The van der Waals surface area contributed by atoms with Gasteiger partial charge in [0.2, 0.25) is 0 Å². The maximum absolute atomic E-state index is 10.3. The Kier molecular flexibility index (Phi) is 5.02. The molecule has 2 aromatic rings. The minimum Gasteiger partial charge on any atom is -0.386 e. The summed E-state index contributed by atoms with van der Waals surface area (Å²) in [6.07, 6.45) is 4.38. The van der Waals surface area contributed by atoms with E-state index >= 15 is 0 Å². The van der Waals surface area contributed by atoms with Crippen LogP contribution in [0.3, 0.4) is 0 Å². The van der Waals surface area contributed by atoms with Crippen molar-refractivity contribution in [2.75, 3.05) is 0 Å². The summed E-state index contributed by atoms with van der Waals surface area (Å²) >= 11 is 9.54. The second-order valence-electron chi connectivity index (χ2n) is 4.47. The average Bonchev–Trinajstić information content (AvgIpc) is 2.81. The third-order valence-electron chi connectivity index (χ3n) is 2.98. The van der Waals surface area contributed by atoms with Crippen LogP contribution < -0.4 is 0 Å². The highest BCUT2D eigenvalue weighted by Gasteiger charge is 2.15. The highest BCUT2D eigenvalue weighted by atomic mass is 79.9. The lowest BCUT2D eigenvalue weighted by molar-refractivity contribution is 0.168. The van der Waals surface area contributed by atoms with E-state index in [4.69, 9.17) is 11.6 Å². The number of imidazole rings is 1. The monoisotopic (exact) mass is 342 g/mol. The van der Waals surface area contributed by atoms with E-state index in [1.54, 1.807) is 12.5 Å². The van der Waals surface area contributed by atoms with Crippen molar-refractivity contribution >= 4 is 27.5 Å². The van der Waals surface area contributed by atoms with Gasteiger partial charge in [-0.1, -0.05) is 40.5 Å². The fourth-order valence-electron chi connectivity index (χ4n) is 2.04. The summed E-state index contributed by atoms with van der Waals surface area (Å²) < 4.78 is 2.92. The van der Waals surface area contributed by atoms with E-state index in [1.807, 2.05) is 22.8 Å². The summed E-state index contributed by atoms with van der Waals surface area (Å²) in [6, 6.07) is 5.69. The first-order valence-electron chi connectivity index (χ1n) is 6.23. The van der Waals surface area contributed by atoms with E-state index in [0.717, 1.165) is 28.7 Å². The predicted octanol–water partition coefficient (Wildman–Crippen LogP) is 3.99. The van der Waals surface area contributed by atoms with Crippen LogP contribution in [0.15, 0.2) is 35.2 Å². The molecular weight excluding hydrogens is 328 g/mol. The van der Waals surface area contributed by atoms with E-state index in [9.17, 15) is 5.11 Å². The lowest BCUT2D eigenvalue weighted by Gasteiger charge is -2.14. The van der Waals surface area contributed by atoms with Crippen LogP contribution in [0, 0.1) is 0 Å². The van der Waals surface area contributed by atoms with Gasteiger partial charge in [-0.3, -0.25) is 0 Å². The van der Waals surface area contributed by atoms with Gasteiger partial charge in [-0.25, -0.2) is 4.98 Å². The molecular formula is C14H16BrClN2O. The Morgan fingerprint density at radius 3 is 2.95 bits per heavy atom. The number of aliphatic hydroxyl groups excluding tert-OH is 1. The molecule has 3 nitrogen and oxygen atoms in total. The fraction of sp³-hybridized carbons (Fsp3) is 0.357. The SMILES string of the molecule is CCCn1cncc1C(O)Cc1ccc(Br)cc1Cl. The van der Waals surface area contributed by atoms with E-state index in [1.165, 1.54) is 0 Å². The average molecular weight is 344 g/mol. The molecule has 0 radical (unpaired) electrons. The van der Waals surface area contributed by atoms with Gasteiger partial charge in [-0.05, 0) is 24.1 Å². The van der Waals surface area contributed by atoms with Crippen molar-refractivity contribution in [2.45, 2.75) is 32.4 Å². The lowest BCUT2D eigenvalue weighted by atomic mass is 10.1. The first-order valence-corrected chi connectivity index (χ1v) is 7.41. The minimum atomic E-state index is -0.590. The molecule has 0 aliphatic heterocycles. The number of halogens is 2. The van der Waals surface area contributed by atoms with E-state index in [0.29, 0.717) is 11.4 Å². The number of hydrogen-bond donors (Lipinski definition) is 1. The summed E-state index contributed by atoms with van der Waals surface area (Å²) in [5, 5.41) is 11.0. The number of hydrogen-bond acceptors (Lipinski definition) is 2. The Labute approximate surface area is 126 Å². The standard InChI is InChI=1S/C14H16BrClN2O/c1-2-5-18-9-17-8-13(18)14(19)6-10-3-4-11(15)7-12(10)16/h3-4,7-9,14,19H,2,5-6H2,1H3. The molecule has 1 heterocycles. The number of aliphatic hydroxyl groups is 1. The summed E-state index contributed by atoms with van der Waals surface area (Å²) in [6.45, 7) is 2.96. The van der Waals surface area contributed by atoms with Gasteiger partial charge in [0.15, 0.2) is 0 Å². The van der Waals surface area contributed by atoms with Crippen LogP contribution in [-0.2, 0) is 13.0 Å². The Morgan fingerprint density at radius 1 is 1.47 bits per heavy atom. The Bertz CT molecular complexity index is 556. The third-order valence-corrected chi connectivity index (χ3v) is 3.82. The molecule has 1 unspecified atom stereocenters. The molecule has 19 heavy (non-hydrogen) atoms. The van der Waals surface area contributed by atoms with Crippen LogP contribution in [0.25, 0.3) is 0 Å². The van der Waals surface area contributed by atoms with Gasteiger partial charge in [0, 0.05) is 22.5 Å². The molecule has 0 aliphatic carbocycles. The molecule has 5 heteroatoms. The van der Waals surface area contributed by atoms with Crippen molar-refractivity contribution in [3.63, 3.8) is 0 Å². The Hall–Kier alpha value is -0.840. The van der Waals surface area contributed by atoms with Crippen molar-refractivity contribution in [3.05, 3.63) is 51.5 Å². The molecule has 1 aromatic carbocycles. The quantitative estimate of drug-likeness (QED) is 0.891. The summed E-state index contributed by atoms with van der Waals surface area (Å²) in [5.41, 5.74) is 1.77. The first kappa shape index (κ1) is 14.6. The highest BCUT2D eigenvalue weighted by Crippen LogP contribution is 2.26. The van der Waals surface area contributed by atoms with Crippen molar-refractivity contribution in [1.82, 2.24) is 9.55 Å². The molecule has 0 aliphatic rings. The van der Waals surface area contributed by atoms with E-state index in [2.05, 4.69) is 27.8 Å². The van der Waals surface area contributed by atoms with Crippen LogP contribution in [-0.4, -0.2) is 14.7 Å². The van der Waals surface area contributed by atoms with Crippen LogP contribution in [0.2, 0.25) is 5.02 Å². The molecule has 0 bridgehead atoms. The minimum absolute atomic E-state index is 0.488. The second-order valence-corrected chi connectivity index (χ2v) is 5.79. The van der Waals surface area contributed by atoms with Gasteiger partial charge in [0.05, 0.1) is 24.3 Å². The van der Waals surface area contributed by atoms with Gasteiger partial charge in [-0.2, -0.15) is 0 Å². The highest BCUT2D eigenvalue weighted by molar-refractivity contribution is 9.10. The molecule has 0 saturated heterocycles. The van der Waals surface area contributed by atoms with Gasteiger partial charge < -0.3 is 9.67 Å². The fourth-order valence-corrected chi connectivity index (χ4v) is 2.79. The molecule has 102 valence electrons. The molecule has 1 atom stereocenters. The largest absolute Gasteiger partial charge is 0.386 e. The smallest absolute Gasteiger partial charge is 0.0996 e. The third kappa shape index (κ3) is 3.59. The number of benzene rings is 1. The van der Waals surface area contributed by atoms with Crippen LogP contribution >= 0.6 is 27.5 Å². The number of aryl methyl sites for hydroxylation is 1. The number of nitrogens with zero attached hydrogens (tertiary/aromatic N) is 2. The molecule has 0 fully saturated rings. The lowest BCUT2D eigenvalue weighted by Crippen LogP contribution is -2.09. The second kappa shape index (κ2) is 6.55. The maximum atomic E-state index is 10.3. The predicted molar refractivity (Wildman–Crippen MR) is 80.3 cm³/mol. The number of rotatable bonds is 5. The van der Waals surface area contributed by atoms with E-state index < -0.39 is 6.10 Å². The summed E-state index contributed by atoms with van der Waals surface area (Å²) in [7, 11) is 0. The van der Waals surface area contributed by atoms with Crippen molar-refractivity contribution in [1.29, 1.82) is 0 Å². The Morgan fingerprint density at radius 2 is 2.26 bits per heavy atom. The zero-order valence-corrected chi connectivity index (χ0v) is 13.0. The van der Waals surface area contributed by atoms with Crippen molar-refractivity contribution < 1.29 is 5.11 Å². The molecule has 1 aromatic heterocycles. The molecule has 1 N–H and O–H groups in total. The molecule has 2 rings (SSSR count). The van der Waals surface area contributed by atoms with E-state index in [-0.39, 0.29) is 0 Å². The molecule has 0 spiro atoms. The van der Waals surface area contributed by atoms with Gasteiger partial charge in [-0.15, -0.1) is 0 Å². The van der Waals surface area contributed by atoms with Crippen LogP contribution in [0.4, 0.5) is 0 Å². The molecule has 0 saturated carbocycles. The normalized spacial score (nSPS) is 12.6. The zero-order chi connectivity index (χ0) is 13.8. The molecule has 0 amide bonds. The number of aromatic nitrogens is 2. The summed E-state index contributed by atoms with van der Waals surface area (Å²) in [5.74, 6) is 0. The first-order chi connectivity index (χ1) is 9.11. The van der Waals surface area contributed by atoms with Crippen LogP contribution in [0.1, 0.15) is 30.7 Å². The van der Waals surface area contributed by atoms with Crippen molar-refractivity contribution in [2.24, 2.45) is 0 Å². The van der Waals surface area contributed by atoms with Gasteiger partial charge in [0.1, 0.15) is 0 Å². The summed E-state index contributed by atoms with van der Waals surface area (Å²) in [4.78, 5) is 4.10. The van der Waals surface area contributed by atoms with Gasteiger partial charge >= 0.3 is 0 Å². The van der Waals surface area contributed by atoms with Crippen LogP contribution in [0.5, 0.6) is 0 Å². The zero-order valence-electron chi connectivity index (χ0n) is 10.7. The maximum Gasteiger partial charge on any atom is 0.0996 e. The van der Waals surface area contributed by atoms with Gasteiger partial charge in [0.25, 0.3) is 0 Å². The van der Waals surface area contributed by atoms with Crippen molar-refractivity contribution in [3.8, 4) is 0 Å².